The van der Waals surface area contributed by atoms with Crippen LogP contribution in [0.2, 0.25) is 0 Å². The lowest BCUT2D eigenvalue weighted by molar-refractivity contribution is -0.360. The number of ether oxygens (including phenoxy) is 7. The number of hydrogen-bond acceptors (Lipinski definition) is 23. The van der Waals surface area contributed by atoms with Crippen molar-refractivity contribution < 1.29 is 117 Å². The van der Waals surface area contributed by atoms with Crippen molar-refractivity contribution in [1.29, 1.82) is 0 Å². The SMILES string of the molecule is CCCCCCCCC/C=C\CCCCCC(=O)OCC1OC(OC2C(O)C(O)C(O)C(OC3OC(CO)C(O)C(O)C3O)C2OP(=O)(O)OCC(COC(=O)CCCCCCCCC(C)CCCCCCCC)OC(=O)CCCCC/C=C\CCCCCCCCC)C(O)C(O)C1O. The number of esters is 3. The predicted molar refractivity (Wildman–Crippen MR) is 374 cm³/mol. The molecule has 99 heavy (non-hydrogen) atoms. The Kier molecular flexibility index (Phi) is 50.3. The van der Waals surface area contributed by atoms with Crippen molar-refractivity contribution in [1.82, 2.24) is 0 Å². The normalized spacial score (nSPS) is 27.9. The van der Waals surface area contributed by atoms with Gasteiger partial charge in [0.05, 0.1) is 13.2 Å². The van der Waals surface area contributed by atoms with E-state index in [1.165, 1.54) is 128 Å². The average molecular weight is 1440 g/mol. The molecule has 2 saturated heterocycles. The molecule has 19 unspecified atom stereocenters. The highest BCUT2D eigenvalue weighted by Gasteiger charge is 2.58. The summed E-state index contributed by atoms with van der Waals surface area (Å²) in [5.41, 5.74) is 0. The smallest absolute Gasteiger partial charge is 0.463 e. The molecule has 1 saturated carbocycles. The van der Waals surface area contributed by atoms with Gasteiger partial charge in [-0.2, -0.15) is 0 Å². The first kappa shape index (κ1) is 90.7. The molecule has 3 rings (SSSR count). The highest BCUT2D eigenvalue weighted by molar-refractivity contribution is 7.47. The Labute approximate surface area is 592 Å². The van der Waals surface area contributed by atoms with E-state index < -0.39 is 156 Å². The van der Waals surface area contributed by atoms with E-state index in [0.717, 1.165) is 89.9 Å². The first-order valence-corrected chi connectivity index (χ1v) is 40.0. The molecule has 2 heterocycles. The number of allylic oxidation sites excluding steroid dienone is 4. The van der Waals surface area contributed by atoms with Gasteiger partial charge in [0.1, 0.15) is 98.7 Å². The van der Waals surface area contributed by atoms with Gasteiger partial charge in [0.2, 0.25) is 0 Å². The molecule has 25 heteroatoms. The molecular formula is C74H135O24P. The molecule has 0 bridgehead atoms. The minimum Gasteiger partial charge on any atom is -0.463 e. The van der Waals surface area contributed by atoms with Gasteiger partial charge in [0.15, 0.2) is 18.7 Å². The van der Waals surface area contributed by atoms with Crippen molar-refractivity contribution in [3.63, 3.8) is 0 Å². The van der Waals surface area contributed by atoms with E-state index in [1.54, 1.807) is 0 Å². The second-order valence-corrected chi connectivity index (χ2v) is 29.4. The maximum absolute atomic E-state index is 14.3. The Bertz CT molecular complexity index is 2160. The third-order valence-corrected chi connectivity index (χ3v) is 20.1. The van der Waals surface area contributed by atoms with Crippen molar-refractivity contribution >= 4 is 25.7 Å². The lowest BCUT2D eigenvalue weighted by Crippen LogP contribution is -2.69. The number of rotatable bonds is 59. The molecule has 0 spiro atoms. The molecule has 580 valence electrons. The van der Waals surface area contributed by atoms with Crippen LogP contribution in [0.3, 0.4) is 0 Å². The van der Waals surface area contributed by atoms with E-state index in [4.69, 9.17) is 42.2 Å². The van der Waals surface area contributed by atoms with Gasteiger partial charge in [-0.05, 0) is 76.5 Å². The third-order valence-electron chi connectivity index (χ3n) is 19.1. The van der Waals surface area contributed by atoms with E-state index >= 15 is 0 Å². The van der Waals surface area contributed by atoms with Gasteiger partial charge >= 0.3 is 25.7 Å². The van der Waals surface area contributed by atoms with Crippen molar-refractivity contribution in [2.75, 3.05) is 26.4 Å². The van der Waals surface area contributed by atoms with E-state index in [2.05, 4.69) is 52.0 Å². The zero-order valence-corrected chi connectivity index (χ0v) is 61.6. The lowest BCUT2D eigenvalue weighted by atomic mass is 9.84. The van der Waals surface area contributed by atoms with E-state index in [9.17, 15) is 74.9 Å². The van der Waals surface area contributed by atoms with Crippen LogP contribution in [0.25, 0.3) is 0 Å². The summed E-state index contributed by atoms with van der Waals surface area (Å²) in [6.07, 6.45) is 13.9. The molecular weight excluding hydrogens is 1300 g/mol. The van der Waals surface area contributed by atoms with Gasteiger partial charge < -0.3 is 89.1 Å². The van der Waals surface area contributed by atoms with Crippen molar-refractivity contribution in [3.05, 3.63) is 24.3 Å². The zero-order chi connectivity index (χ0) is 72.6. The Morgan fingerprint density at radius 1 is 0.414 bits per heavy atom. The number of phosphoric ester groups is 1. The Morgan fingerprint density at radius 3 is 1.20 bits per heavy atom. The number of aliphatic hydroxyl groups excluding tert-OH is 10. The van der Waals surface area contributed by atoms with Crippen LogP contribution in [0.1, 0.15) is 291 Å². The minimum absolute atomic E-state index is 0.00744. The molecule has 0 amide bonds. The van der Waals surface area contributed by atoms with Crippen LogP contribution in [0.4, 0.5) is 0 Å². The summed E-state index contributed by atoms with van der Waals surface area (Å²) in [6.45, 7) is 5.74. The van der Waals surface area contributed by atoms with Crippen LogP contribution in [-0.4, -0.2) is 204 Å². The maximum Gasteiger partial charge on any atom is 0.472 e. The number of unbranched alkanes of at least 4 members (excludes halogenated alkanes) is 30. The molecule has 3 fully saturated rings. The minimum atomic E-state index is -5.70. The maximum atomic E-state index is 14.3. The molecule has 0 aromatic heterocycles. The summed E-state index contributed by atoms with van der Waals surface area (Å²) >= 11 is 0. The first-order chi connectivity index (χ1) is 47.7. The zero-order valence-electron chi connectivity index (χ0n) is 60.7. The fourth-order valence-electron chi connectivity index (χ4n) is 12.7. The number of hydrogen-bond donors (Lipinski definition) is 11. The second-order valence-electron chi connectivity index (χ2n) is 28.0. The third kappa shape index (κ3) is 38.3. The first-order valence-electron chi connectivity index (χ1n) is 38.5. The van der Waals surface area contributed by atoms with Crippen LogP contribution in [-0.2, 0) is 61.2 Å². The van der Waals surface area contributed by atoms with Crippen molar-refractivity contribution in [3.8, 4) is 0 Å². The number of carbonyl (C=O) groups excluding carboxylic acids is 3. The predicted octanol–water partition coefficient (Wildman–Crippen LogP) is 10.8. The van der Waals surface area contributed by atoms with Crippen LogP contribution in [0.5, 0.6) is 0 Å². The van der Waals surface area contributed by atoms with Gasteiger partial charge in [0.25, 0.3) is 0 Å². The van der Waals surface area contributed by atoms with Crippen LogP contribution < -0.4 is 0 Å². The van der Waals surface area contributed by atoms with Crippen LogP contribution in [0.15, 0.2) is 24.3 Å². The standard InChI is InChI=1S/C74H135O24P/c1-5-8-11-14-17-19-21-23-25-27-29-31-37-43-48-59(77)91-53-57-62(80)64(82)69(87)74(95-57)97-71-67(85)65(83)66(84)70(96-73-68(86)63(81)61(79)56(50-75)94-73)72(71)98-99(88,89)92-52-55(93-60(78)49-44-39-32-30-28-26-24-22-20-18-15-12-9-6-2)51-90-58(76)47-42-38-34-33-36-41-46-54(4)45-40-35-16-13-10-7-3/h25-28,54-57,61-75,79-87H,5-24,29-53H2,1-4H3,(H,88,89)/b27-25-,28-26-. The molecule has 3 aliphatic rings. The Morgan fingerprint density at radius 2 is 0.768 bits per heavy atom. The summed E-state index contributed by atoms with van der Waals surface area (Å²) in [4.78, 5) is 51.1. The monoisotopic (exact) mass is 1440 g/mol. The summed E-state index contributed by atoms with van der Waals surface area (Å²) in [5.74, 6) is -1.33. The van der Waals surface area contributed by atoms with Gasteiger partial charge in [-0.15, -0.1) is 0 Å². The highest BCUT2D eigenvalue weighted by atomic mass is 31.2. The van der Waals surface area contributed by atoms with E-state index in [0.29, 0.717) is 31.6 Å². The highest BCUT2D eigenvalue weighted by Crippen LogP contribution is 2.49. The number of carbonyl (C=O) groups is 3. The largest absolute Gasteiger partial charge is 0.472 e. The molecule has 24 nitrogen and oxygen atoms in total. The number of phosphoric acid groups is 1. The van der Waals surface area contributed by atoms with Crippen molar-refractivity contribution in [2.24, 2.45) is 5.92 Å². The fourth-order valence-corrected chi connectivity index (χ4v) is 13.7. The Balaban J connectivity index is 1.74. The molecule has 0 aromatic carbocycles. The summed E-state index contributed by atoms with van der Waals surface area (Å²) in [5, 5.41) is 110. The fraction of sp³-hybridized carbons (Fsp3) is 0.905. The van der Waals surface area contributed by atoms with Crippen LogP contribution in [0, 0.1) is 5.92 Å². The molecule has 19 atom stereocenters. The topological polar surface area (TPSA) is 374 Å². The van der Waals surface area contributed by atoms with Gasteiger partial charge in [-0.3, -0.25) is 23.4 Å². The van der Waals surface area contributed by atoms with E-state index in [-0.39, 0.29) is 19.3 Å². The molecule has 0 radical (unpaired) electrons. The summed E-state index contributed by atoms with van der Waals surface area (Å²) < 4.78 is 65.1. The van der Waals surface area contributed by atoms with Crippen molar-refractivity contribution in [2.45, 2.75) is 395 Å². The second kappa shape index (κ2) is 55.0. The molecule has 1 aliphatic carbocycles. The van der Waals surface area contributed by atoms with Gasteiger partial charge in [0, 0.05) is 19.3 Å². The quantitative estimate of drug-likeness (QED) is 0.00886. The summed E-state index contributed by atoms with van der Waals surface area (Å²) in [6, 6.07) is 0. The molecule has 0 aromatic rings. The number of aliphatic hydroxyl groups is 10. The van der Waals surface area contributed by atoms with E-state index in [1.807, 2.05) is 0 Å². The average Bonchev–Trinajstić information content (AvgIpc) is 0.762. The van der Waals surface area contributed by atoms with Gasteiger partial charge in [-0.1, -0.05) is 225 Å². The lowest BCUT2D eigenvalue weighted by Gasteiger charge is -2.49. The Hall–Kier alpha value is -2.56. The van der Waals surface area contributed by atoms with Crippen LogP contribution >= 0.6 is 7.82 Å². The summed E-state index contributed by atoms with van der Waals surface area (Å²) in [7, 11) is -5.70. The molecule has 11 N–H and O–H groups in total. The molecule has 2 aliphatic heterocycles. The van der Waals surface area contributed by atoms with Gasteiger partial charge in [-0.25, -0.2) is 4.57 Å².